The minimum absolute atomic E-state index is 0.362. The highest BCUT2D eigenvalue weighted by molar-refractivity contribution is 5.03. The Kier molecular flexibility index (Phi) is 6.52. The maximum Gasteiger partial charge on any atom is 0.105 e. The summed E-state index contributed by atoms with van der Waals surface area (Å²) in [4.78, 5) is 2.23. The summed E-state index contributed by atoms with van der Waals surface area (Å²) in [6.45, 7) is 9.14. The summed E-state index contributed by atoms with van der Waals surface area (Å²) in [5.74, 6) is 0. The Morgan fingerprint density at radius 3 is 2.50 bits per heavy atom. The molecule has 0 rings (SSSR count). The molecule has 0 aromatic rings. The molecule has 3 nitrogen and oxygen atoms in total. The van der Waals surface area contributed by atoms with E-state index in [1.807, 2.05) is 6.92 Å². The largest absolute Gasteiger partial charge is 0.307 e. The molecule has 14 heavy (non-hydrogen) atoms. The lowest BCUT2D eigenvalue weighted by atomic mass is 9.99. The van der Waals surface area contributed by atoms with Crippen LogP contribution in [-0.2, 0) is 0 Å². The lowest BCUT2D eigenvalue weighted by Gasteiger charge is -2.25. The van der Waals surface area contributed by atoms with Crippen molar-refractivity contribution < 1.29 is 0 Å². The van der Waals surface area contributed by atoms with E-state index in [2.05, 4.69) is 37.2 Å². The highest BCUT2D eigenvalue weighted by atomic mass is 15.1. The Balaban J connectivity index is 3.94. The van der Waals surface area contributed by atoms with Gasteiger partial charge in [-0.05, 0) is 39.9 Å². The molecule has 1 unspecified atom stereocenters. The highest BCUT2D eigenvalue weighted by Crippen LogP contribution is 2.08. The van der Waals surface area contributed by atoms with Gasteiger partial charge in [0.25, 0.3) is 0 Å². The van der Waals surface area contributed by atoms with Crippen molar-refractivity contribution in [3.05, 3.63) is 0 Å². The molecule has 3 heteroatoms. The van der Waals surface area contributed by atoms with E-state index in [4.69, 9.17) is 5.26 Å². The molecule has 0 spiro atoms. The summed E-state index contributed by atoms with van der Waals surface area (Å²) in [5, 5.41) is 12.4. The zero-order valence-electron chi connectivity index (χ0n) is 9.93. The molecule has 0 aliphatic heterocycles. The fourth-order valence-electron chi connectivity index (χ4n) is 1.16. The SMILES string of the molecule is CCCNC(C)(C#N)CCN(C)CC. The van der Waals surface area contributed by atoms with Crippen LogP contribution in [0.15, 0.2) is 0 Å². The Bertz CT molecular complexity index is 185. The van der Waals surface area contributed by atoms with Crippen molar-refractivity contribution in [2.45, 2.75) is 39.2 Å². The molecule has 0 aliphatic rings. The first-order valence-corrected chi connectivity index (χ1v) is 5.42. The van der Waals surface area contributed by atoms with Gasteiger partial charge in [-0.15, -0.1) is 0 Å². The average molecular weight is 197 g/mol. The van der Waals surface area contributed by atoms with Gasteiger partial charge in [-0.25, -0.2) is 0 Å². The molecule has 0 bridgehead atoms. The van der Waals surface area contributed by atoms with Crippen molar-refractivity contribution >= 4 is 0 Å². The maximum atomic E-state index is 9.07. The summed E-state index contributed by atoms with van der Waals surface area (Å²) >= 11 is 0. The highest BCUT2D eigenvalue weighted by Gasteiger charge is 2.22. The number of hydrogen-bond acceptors (Lipinski definition) is 3. The number of hydrogen-bond donors (Lipinski definition) is 1. The quantitative estimate of drug-likeness (QED) is 0.674. The monoisotopic (exact) mass is 197 g/mol. The molecule has 0 saturated carbocycles. The van der Waals surface area contributed by atoms with Crippen molar-refractivity contribution in [1.82, 2.24) is 10.2 Å². The second kappa shape index (κ2) is 6.80. The second-order valence-corrected chi connectivity index (χ2v) is 4.02. The smallest absolute Gasteiger partial charge is 0.105 e. The number of rotatable bonds is 7. The summed E-state index contributed by atoms with van der Waals surface area (Å²) < 4.78 is 0. The minimum atomic E-state index is -0.362. The predicted molar refractivity (Wildman–Crippen MR) is 60.1 cm³/mol. The number of nitrogens with zero attached hydrogens (tertiary/aromatic N) is 2. The van der Waals surface area contributed by atoms with Gasteiger partial charge in [0.05, 0.1) is 6.07 Å². The molecule has 1 atom stereocenters. The minimum Gasteiger partial charge on any atom is -0.307 e. The van der Waals surface area contributed by atoms with Gasteiger partial charge in [-0.1, -0.05) is 13.8 Å². The summed E-state index contributed by atoms with van der Waals surface area (Å²) in [6, 6.07) is 2.35. The van der Waals surface area contributed by atoms with Crippen LogP contribution in [0, 0.1) is 11.3 Å². The average Bonchev–Trinajstić information content (AvgIpc) is 2.23. The van der Waals surface area contributed by atoms with E-state index in [0.717, 1.165) is 32.5 Å². The molecular formula is C11H23N3. The van der Waals surface area contributed by atoms with Gasteiger partial charge >= 0.3 is 0 Å². The Morgan fingerprint density at radius 2 is 2.07 bits per heavy atom. The normalized spacial score (nSPS) is 15.1. The van der Waals surface area contributed by atoms with Gasteiger partial charge in [0.2, 0.25) is 0 Å². The van der Waals surface area contributed by atoms with Crippen molar-refractivity contribution in [3.8, 4) is 6.07 Å². The Labute approximate surface area is 88.1 Å². The van der Waals surface area contributed by atoms with E-state index in [1.165, 1.54) is 0 Å². The molecule has 82 valence electrons. The third-order valence-electron chi connectivity index (χ3n) is 2.55. The van der Waals surface area contributed by atoms with Crippen LogP contribution in [-0.4, -0.2) is 37.1 Å². The molecule has 0 radical (unpaired) electrons. The zero-order valence-corrected chi connectivity index (χ0v) is 9.93. The van der Waals surface area contributed by atoms with E-state index < -0.39 is 0 Å². The molecule has 0 aliphatic carbocycles. The first-order chi connectivity index (χ1) is 6.58. The van der Waals surface area contributed by atoms with Gasteiger partial charge in [-0.2, -0.15) is 5.26 Å². The van der Waals surface area contributed by atoms with Crippen molar-refractivity contribution in [2.75, 3.05) is 26.7 Å². The first-order valence-electron chi connectivity index (χ1n) is 5.42. The molecule has 0 saturated heterocycles. The fraction of sp³-hybridized carbons (Fsp3) is 0.909. The van der Waals surface area contributed by atoms with Crippen molar-refractivity contribution in [2.24, 2.45) is 0 Å². The third-order valence-corrected chi connectivity index (χ3v) is 2.55. The molecular weight excluding hydrogens is 174 g/mol. The topological polar surface area (TPSA) is 39.1 Å². The lowest BCUT2D eigenvalue weighted by Crippen LogP contribution is -2.43. The second-order valence-electron chi connectivity index (χ2n) is 4.02. The molecule has 0 aromatic carbocycles. The van der Waals surface area contributed by atoms with Crippen LogP contribution < -0.4 is 5.32 Å². The standard InChI is InChI=1S/C11H23N3/c1-5-8-13-11(3,10-12)7-9-14(4)6-2/h13H,5-9H2,1-4H3. The summed E-state index contributed by atoms with van der Waals surface area (Å²) in [6.07, 6.45) is 1.95. The van der Waals surface area contributed by atoms with Gasteiger partial charge in [0.15, 0.2) is 0 Å². The van der Waals surface area contributed by atoms with Crippen molar-refractivity contribution in [1.29, 1.82) is 5.26 Å². The molecule has 0 heterocycles. The number of nitriles is 1. The Morgan fingerprint density at radius 1 is 1.43 bits per heavy atom. The maximum absolute atomic E-state index is 9.07. The van der Waals surface area contributed by atoms with Crippen LogP contribution in [0.4, 0.5) is 0 Å². The van der Waals surface area contributed by atoms with Crippen LogP contribution in [0.3, 0.4) is 0 Å². The van der Waals surface area contributed by atoms with Gasteiger partial charge in [-0.3, -0.25) is 5.32 Å². The van der Waals surface area contributed by atoms with E-state index >= 15 is 0 Å². The van der Waals surface area contributed by atoms with Crippen LogP contribution in [0.2, 0.25) is 0 Å². The molecule has 0 fully saturated rings. The first kappa shape index (κ1) is 13.4. The van der Waals surface area contributed by atoms with E-state index in [0.29, 0.717) is 0 Å². The molecule has 1 N–H and O–H groups in total. The van der Waals surface area contributed by atoms with Crippen LogP contribution in [0.25, 0.3) is 0 Å². The van der Waals surface area contributed by atoms with Crippen LogP contribution in [0.1, 0.15) is 33.6 Å². The zero-order chi connectivity index (χ0) is 11.0. The lowest BCUT2D eigenvalue weighted by molar-refractivity contribution is 0.299. The van der Waals surface area contributed by atoms with Crippen LogP contribution in [0.5, 0.6) is 0 Å². The molecule has 0 aromatic heterocycles. The van der Waals surface area contributed by atoms with Gasteiger partial charge < -0.3 is 4.90 Å². The van der Waals surface area contributed by atoms with Gasteiger partial charge in [0, 0.05) is 6.54 Å². The van der Waals surface area contributed by atoms with E-state index in [-0.39, 0.29) is 5.54 Å². The van der Waals surface area contributed by atoms with Crippen LogP contribution >= 0.6 is 0 Å². The fourth-order valence-corrected chi connectivity index (χ4v) is 1.16. The van der Waals surface area contributed by atoms with Crippen molar-refractivity contribution in [3.63, 3.8) is 0 Å². The third kappa shape index (κ3) is 5.21. The summed E-state index contributed by atoms with van der Waals surface area (Å²) in [5.41, 5.74) is -0.362. The summed E-state index contributed by atoms with van der Waals surface area (Å²) in [7, 11) is 2.08. The van der Waals surface area contributed by atoms with E-state index in [1.54, 1.807) is 0 Å². The predicted octanol–water partition coefficient (Wildman–Crippen LogP) is 1.61. The molecule has 0 amide bonds. The number of nitrogens with one attached hydrogen (secondary N) is 1. The Hall–Kier alpha value is -0.590. The van der Waals surface area contributed by atoms with E-state index in [9.17, 15) is 0 Å². The van der Waals surface area contributed by atoms with Gasteiger partial charge in [0.1, 0.15) is 5.54 Å².